The Bertz CT molecular complexity index is 1190. The first-order valence-electron chi connectivity index (χ1n) is 12.5. The van der Waals surface area contributed by atoms with Crippen LogP contribution in [0.25, 0.3) is 0 Å². The van der Waals surface area contributed by atoms with E-state index >= 15 is 0 Å². The Balaban J connectivity index is 1.70. The van der Waals surface area contributed by atoms with Gasteiger partial charge < -0.3 is 19.9 Å². The molecule has 2 fully saturated rings. The lowest BCUT2D eigenvalue weighted by Gasteiger charge is -2.30. The highest BCUT2D eigenvalue weighted by Crippen LogP contribution is 2.48. The van der Waals surface area contributed by atoms with E-state index in [9.17, 15) is 31.1 Å². The van der Waals surface area contributed by atoms with Crippen LogP contribution in [-0.4, -0.2) is 68.1 Å². The number of benzene rings is 2. The summed E-state index contributed by atoms with van der Waals surface area (Å²) >= 11 is 0.599. The second-order valence-electron chi connectivity index (χ2n) is 9.51. The van der Waals surface area contributed by atoms with Crippen molar-refractivity contribution in [2.24, 2.45) is 0 Å². The fourth-order valence-corrected chi connectivity index (χ4v) is 5.68. The number of likely N-dealkylation sites (tertiary alicyclic amines) is 1. The van der Waals surface area contributed by atoms with Gasteiger partial charge in [-0.05, 0) is 57.2 Å². The van der Waals surface area contributed by atoms with Crippen molar-refractivity contribution in [1.82, 2.24) is 9.80 Å². The number of nitrogens with one attached hydrogen (secondary N) is 1. The summed E-state index contributed by atoms with van der Waals surface area (Å²) in [6.45, 7) is 3.31. The molecule has 12 heteroatoms. The minimum atomic E-state index is -5.41. The van der Waals surface area contributed by atoms with E-state index in [1.807, 2.05) is 7.05 Å². The summed E-state index contributed by atoms with van der Waals surface area (Å²) < 4.78 is 90.7. The van der Waals surface area contributed by atoms with Crippen molar-refractivity contribution in [2.75, 3.05) is 51.8 Å². The van der Waals surface area contributed by atoms with Crippen LogP contribution in [0.5, 0.6) is 0 Å². The monoisotopic (exact) mass is 573 g/mol. The number of hydrogen-bond acceptors (Lipinski definition) is 6. The maximum Gasteiger partial charge on any atom is 0.418 e. The van der Waals surface area contributed by atoms with Crippen molar-refractivity contribution in [2.45, 2.75) is 41.0 Å². The van der Waals surface area contributed by atoms with Gasteiger partial charge in [-0.15, -0.1) is 0 Å². The number of carbonyl (C=O) groups is 1. The Morgan fingerprint density at radius 2 is 1.56 bits per heavy atom. The average molecular weight is 574 g/mol. The number of nitrogens with zero attached hydrogens (tertiary/aromatic N) is 2. The molecule has 0 spiro atoms. The van der Waals surface area contributed by atoms with Crippen LogP contribution in [0.15, 0.2) is 58.5 Å². The second-order valence-corrected chi connectivity index (χ2v) is 10.6. The summed E-state index contributed by atoms with van der Waals surface area (Å²) in [5, 5.41) is 3.34. The van der Waals surface area contributed by atoms with Gasteiger partial charge in [-0.3, -0.25) is 4.79 Å². The molecule has 4 rings (SSSR count). The highest BCUT2D eigenvalue weighted by Gasteiger charge is 2.47. The third kappa shape index (κ3) is 7.49. The predicted octanol–water partition coefficient (Wildman–Crippen LogP) is 6.41. The minimum Gasteiger partial charge on any atom is -0.381 e. The van der Waals surface area contributed by atoms with Crippen LogP contribution in [0.1, 0.15) is 34.3 Å². The molecule has 2 saturated heterocycles. The van der Waals surface area contributed by atoms with E-state index in [-0.39, 0.29) is 6.04 Å². The molecule has 212 valence electrons. The quantitative estimate of drug-likeness (QED) is 0.235. The van der Waals surface area contributed by atoms with E-state index < -0.39 is 39.7 Å². The SMILES string of the molecule is CN1CCC(Nc2ccccc2Sc2ccc(C(=O)C=CN3CCOCC3)c(C(F)(F)F)c2C(F)(F)F)CC1. The number of ether oxygens (including phenoxy) is 1. The topological polar surface area (TPSA) is 44.8 Å². The molecule has 0 bridgehead atoms. The van der Waals surface area contributed by atoms with Crippen molar-refractivity contribution in [1.29, 1.82) is 0 Å². The Labute approximate surface area is 227 Å². The summed E-state index contributed by atoms with van der Waals surface area (Å²) in [4.78, 5) is 16.3. The van der Waals surface area contributed by atoms with Crippen molar-refractivity contribution in [3.05, 3.63) is 65.4 Å². The smallest absolute Gasteiger partial charge is 0.381 e. The Kier molecular flexibility index (Phi) is 9.18. The zero-order valence-corrected chi connectivity index (χ0v) is 22.1. The number of ketones is 1. The summed E-state index contributed by atoms with van der Waals surface area (Å²) in [5.41, 5.74) is -4.33. The number of rotatable bonds is 7. The molecule has 2 aromatic rings. The van der Waals surface area contributed by atoms with Gasteiger partial charge in [0, 0.05) is 52.4 Å². The minimum absolute atomic E-state index is 0.0917. The van der Waals surface area contributed by atoms with Gasteiger partial charge in [0.05, 0.1) is 24.3 Å². The molecule has 0 unspecified atom stereocenters. The molecule has 5 nitrogen and oxygen atoms in total. The van der Waals surface area contributed by atoms with Gasteiger partial charge in [0.2, 0.25) is 0 Å². The number of allylic oxidation sites excluding steroid dienone is 1. The summed E-state index contributed by atoms with van der Waals surface area (Å²) in [5.74, 6) is -1.15. The molecule has 0 aliphatic carbocycles. The molecule has 2 aliphatic heterocycles. The molecule has 0 atom stereocenters. The Morgan fingerprint density at radius 3 is 2.21 bits per heavy atom. The molecule has 2 heterocycles. The average Bonchev–Trinajstić information content (AvgIpc) is 2.89. The number of halogens is 6. The molecule has 0 amide bonds. The van der Waals surface area contributed by atoms with Gasteiger partial charge in [0.15, 0.2) is 5.78 Å². The summed E-state index contributed by atoms with van der Waals surface area (Å²) in [6, 6.07) is 8.48. The normalized spacial score (nSPS) is 18.1. The number of morpholine rings is 1. The lowest BCUT2D eigenvalue weighted by Crippen LogP contribution is -2.36. The van der Waals surface area contributed by atoms with E-state index in [1.54, 1.807) is 29.2 Å². The first-order valence-corrected chi connectivity index (χ1v) is 13.3. The van der Waals surface area contributed by atoms with Crippen LogP contribution in [0.4, 0.5) is 32.0 Å². The first kappa shape index (κ1) is 29.3. The van der Waals surface area contributed by atoms with Crippen LogP contribution in [-0.2, 0) is 17.1 Å². The zero-order chi connectivity index (χ0) is 28.2. The third-order valence-corrected chi connectivity index (χ3v) is 7.80. The number of hydrogen-bond donors (Lipinski definition) is 1. The lowest BCUT2D eigenvalue weighted by atomic mass is 9.96. The predicted molar refractivity (Wildman–Crippen MR) is 137 cm³/mol. The maximum absolute atomic E-state index is 14.3. The highest BCUT2D eigenvalue weighted by atomic mass is 32.2. The fraction of sp³-hybridized carbons (Fsp3) is 0.444. The van der Waals surface area contributed by atoms with Crippen LogP contribution in [0, 0.1) is 0 Å². The molecule has 0 saturated carbocycles. The van der Waals surface area contributed by atoms with Crippen LogP contribution >= 0.6 is 11.8 Å². The van der Waals surface area contributed by atoms with Crippen LogP contribution in [0.2, 0.25) is 0 Å². The lowest BCUT2D eigenvalue weighted by molar-refractivity contribution is -0.163. The Hall–Kier alpha value is -2.70. The molecular formula is C27H29F6N3O2S. The van der Waals surface area contributed by atoms with Gasteiger partial charge >= 0.3 is 12.4 Å². The Morgan fingerprint density at radius 1 is 0.923 bits per heavy atom. The third-order valence-electron chi connectivity index (χ3n) is 6.67. The first-order chi connectivity index (χ1) is 18.4. The summed E-state index contributed by atoms with van der Waals surface area (Å²) in [7, 11) is 2.00. The van der Waals surface area contributed by atoms with E-state index in [0.717, 1.165) is 44.1 Å². The largest absolute Gasteiger partial charge is 0.418 e. The fourth-order valence-electron chi connectivity index (χ4n) is 4.61. The van der Waals surface area contributed by atoms with Gasteiger partial charge in [0.25, 0.3) is 0 Å². The molecule has 0 aromatic heterocycles. The molecular weight excluding hydrogens is 544 g/mol. The molecule has 2 aromatic carbocycles. The second kappa shape index (κ2) is 12.2. The van der Waals surface area contributed by atoms with E-state index in [4.69, 9.17) is 4.74 Å². The highest BCUT2D eigenvalue weighted by molar-refractivity contribution is 7.99. The van der Waals surface area contributed by atoms with Crippen molar-refractivity contribution in [3.8, 4) is 0 Å². The summed E-state index contributed by atoms with van der Waals surface area (Å²) in [6.07, 6.45) is -6.93. The number of anilines is 1. The van der Waals surface area contributed by atoms with E-state index in [0.29, 0.717) is 48.6 Å². The maximum atomic E-state index is 14.3. The van der Waals surface area contributed by atoms with Crippen molar-refractivity contribution in [3.63, 3.8) is 0 Å². The van der Waals surface area contributed by atoms with E-state index in [2.05, 4.69) is 10.2 Å². The molecule has 2 aliphatic rings. The number of para-hydroxylation sites is 1. The van der Waals surface area contributed by atoms with Crippen molar-refractivity contribution < 1.29 is 35.9 Å². The van der Waals surface area contributed by atoms with E-state index in [1.165, 1.54) is 6.20 Å². The zero-order valence-electron chi connectivity index (χ0n) is 21.2. The van der Waals surface area contributed by atoms with Gasteiger partial charge in [-0.25, -0.2) is 0 Å². The van der Waals surface area contributed by atoms with Gasteiger partial charge in [-0.2, -0.15) is 26.3 Å². The number of piperidine rings is 1. The van der Waals surface area contributed by atoms with Crippen LogP contribution in [0.3, 0.4) is 0 Å². The van der Waals surface area contributed by atoms with Crippen molar-refractivity contribution >= 4 is 23.2 Å². The van der Waals surface area contributed by atoms with Gasteiger partial charge in [0.1, 0.15) is 0 Å². The molecule has 0 radical (unpaired) electrons. The standard InChI is InChI=1S/C27H29F6N3O2S/c1-35-11-8-18(9-12-35)34-20-4-2-3-5-22(20)39-23-7-6-19(21(37)10-13-36-14-16-38-17-15-36)24(26(28,29)30)25(23)27(31,32)33/h2-7,10,13,18,34H,8-9,11-12,14-17H2,1H3. The molecule has 1 N–H and O–H groups in total. The molecule has 39 heavy (non-hydrogen) atoms. The van der Waals surface area contributed by atoms with Crippen LogP contribution < -0.4 is 5.32 Å². The number of carbonyl (C=O) groups excluding carboxylic acids is 1. The van der Waals surface area contributed by atoms with Gasteiger partial charge in [-0.1, -0.05) is 23.9 Å². The number of alkyl halides is 6.